The minimum atomic E-state index is -0.0696. The van der Waals surface area contributed by atoms with Gasteiger partial charge in [0.15, 0.2) is 0 Å². The highest BCUT2D eigenvalue weighted by molar-refractivity contribution is 6.27. The van der Waals surface area contributed by atoms with Crippen LogP contribution in [0.25, 0.3) is 0 Å². The van der Waals surface area contributed by atoms with Crippen molar-refractivity contribution in [3.63, 3.8) is 0 Å². The Morgan fingerprint density at radius 2 is 2.00 bits per heavy atom. The molecule has 0 aromatic rings. The first-order chi connectivity index (χ1) is 6.60. The molecule has 1 fully saturated rings. The van der Waals surface area contributed by atoms with Crippen LogP contribution < -0.4 is 5.32 Å². The third-order valence-corrected chi connectivity index (χ3v) is 3.46. The van der Waals surface area contributed by atoms with Crippen LogP contribution in [0, 0.1) is 0 Å². The number of carbonyl (C=O) groups excluding carboxylic acids is 1. The lowest BCUT2D eigenvalue weighted by Gasteiger charge is -2.36. The second-order valence-electron chi connectivity index (χ2n) is 4.24. The van der Waals surface area contributed by atoms with Crippen LogP contribution in [0.1, 0.15) is 25.7 Å². The number of nitrogens with one attached hydrogen (secondary N) is 1. The SMILES string of the molecule is CN(C)C1(CNC(=O)CCl)CCCC1. The van der Waals surface area contributed by atoms with Gasteiger partial charge >= 0.3 is 0 Å². The van der Waals surface area contributed by atoms with Gasteiger partial charge < -0.3 is 10.2 Å². The molecule has 0 heterocycles. The second kappa shape index (κ2) is 4.99. The van der Waals surface area contributed by atoms with E-state index < -0.39 is 0 Å². The number of halogens is 1. The fraction of sp³-hybridized carbons (Fsp3) is 0.900. The van der Waals surface area contributed by atoms with Crippen LogP contribution in [-0.2, 0) is 4.79 Å². The van der Waals surface area contributed by atoms with E-state index in [0.717, 1.165) is 6.54 Å². The molecular formula is C10H19ClN2O. The van der Waals surface area contributed by atoms with Gasteiger partial charge in [-0.2, -0.15) is 0 Å². The maximum absolute atomic E-state index is 11.1. The summed E-state index contributed by atoms with van der Waals surface area (Å²) in [5, 5.41) is 2.88. The van der Waals surface area contributed by atoms with Crippen LogP contribution in [0.3, 0.4) is 0 Å². The highest BCUT2D eigenvalue weighted by Crippen LogP contribution is 2.32. The third kappa shape index (κ3) is 2.61. The lowest BCUT2D eigenvalue weighted by molar-refractivity contribution is -0.119. The zero-order valence-electron chi connectivity index (χ0n) is 8.98. The molecule has 1 rings (SSSR count). The summed E-state index contributed by atoms with van der Waals surface area (Å²) in [5.74, 6) is -0.0106. The zero-order chi connectivity index (χ0) is 10.6. The smallest absolute Gasteiger partial charge is 0.234 e. The van der Waals surface area contributed by atoms with Crippen molar-refractivity contribution in [2.75, 3.05) is 26.5 Å². The molecule has 0 spiro atoms. The minimum absolute atomic E-state index is 0.0590. The molecule has 0 atom stereocenters. The molecule has 3 nitrogen and oxygen atoms in total. The third-order valence-electron chi connectivity index (χ3n) is 3.22. The molecule has 1 aliphatic rings. The summed E-state index contributed by atoms with van der Waals surface area (Å²) in [7, 11) is 4.16. The van der Waals surface area contributed by atoms with Crippen LogP contribution >= 0.6 is 11.6 Å². The van der Waals surface area contributed by atoms with E-state index in [0.29, 0.717) is 0 Å². The summed E-state index contributed by atoms with van der Waals surface area (Å²) in [4.78, 5) is 13.3. The molecule has 14 heavy (non-hydrogen) atoms. The Balaban J connectivity index is 2.48. The largest absolute Gasteiger partial charge is 0.353 e. The van der Waals surface area contributed by atoms with Crippen molar-refractivity contribution < 1.29 is 4.79 Å². The first kappa shape index (κ1) is 11.8. The molecule has 4 heteroatoms. The van der Waals surface area contributed by atoms with E-state index in [1.54, 1.807) is 0 Å². The molecule has 0 bridgehead atoms. The Morgan fingerprint density at radius 3 is 2.43 bits per heavy atom. The maximum Gasteiger partial charge on any atom is 0.234 e. The van der Waals surface area contributed by atoms with Gasteiger partial charge in [-0.3, -0.25) is 4.79 Å². The lowest BCUT2D eigenvalue weighted by atomic mass is 9.96. The number of likely N-dealkylation sites (N-methyl/N-ethyl adjacent to an activating group) is 1. The number of carbonyl (C=O) groups is 1. The monoisotopic (exact) mass is 218 g/mol. The predicted octanol–water partition coefficient (Wildman–Crippen LogP) is 1.22. The van der Waals surface area contributed by atoms with Crippen LogP contribution in [-0.4, -0.2) is 42.9 Å². The van der Waals surface area contributed by atoms with Crippen LogP contribution in [0.5, 0.6) is 0 Å². The Morgan fingerprint density at radius 1 is 1.43 bits per heavy atom. The zero-order valence-corrected chi connectivity index (χ0v) is 9.73. The molecular weight excluding hydrogens is 200 g/mol. The Labute approximate surface area is 90.8 Å². The van der Waals surface area contributed by atoms with E-state index in [9.17, 15) is 4.79 Å². The van der Waals surface area contributed by atoms with Crippen molar-refractivity contribution in [2.45, 2.75) is 31.2 Å². The van der Waals surface area contributed by atoms with Crippen molar-refractivity contribution in [1.29, 1.82) is 0 Å². The van der Waals surface area contributed by atoms with E-state index in [4.69, 9.17) is 11.6 Å². The highest BCUT2D eigenvalue weighted by atomic mass is 35.5. The molecule has 1 amide bonds. The highest BCUT2D eigenvalue weighted by Gasteiger charge is 2.35. The molecule has 1 aliphatic carbocycles. The Hall–Kier alpha value is -0.280. The molecule has 0 unspecified atom stereocenters. The second-order valence-corrected chi connectivity index (χ2v) is 4.50. The molecule has 0 aliphatic heterocycles. The number of hydrogen-bond acceptors (Lipinski definition) is 2. The van der Waals surface area contributed by atoms with Crippen molar-refractivity contribution in [2.24, 2.45) is 0 Å². The molecule has 82 valence electrons. The summed E-state index contributed by atoms with van der Waals surface area (Å²) in [5.41, 5.74) is 0.168. The van der Waals surface area contributed by atoms with Gasteiger partial charge in [0.2, 0.25) is 5.91 Å². The van der Waals surface area contributed by atoms with E-state index in [2.05, 4.69) is 24.3 Å². The molecule has 1 N–H and O–H groups in total. The minimum Gasteiger partial charge on any atom is -0.353 e. The first-order valence-electron chi connectivity index (χ1n) is 5.11. The topological polar surface area (TPSA) is 32.3 Å². The summed E-state index contributed by atoms with van der Waals surface area (Å²) < 4.78 is 0. The molecule has 0 aromatic heterocycles. The fourth-order valence-electron chi connectivity index (χ4n) is 2.13. The van der Waals surface area contributed by atoms with Gasteiger partial charge in [0.05, 0.1) is 0 Å². The van der Waals surface area contributed by atoms with Gasteiger partial charge in [-0.05, 0) is 26.9 Å². The normalized spacial score (nSPS) is 20.0. The Kier molecular flexibility index (Phi) is 4.20. The summed E-state index contributed by atoms with van der Waals surface area (Å²) in [6, 6.07) is 0. The standard InChI is InChI=1S/C10H19ClN2O/c1-13(2)10(5-3-4-6-10)8-12-9(14)7-11/h3-8H2,1-2H3,(H,12,14). The molecule has 0 aromatic carbocycles. The number of amides is 1. The van der Waals surface area contributed by atoms with Crippen LogP contribution in [0.15, 0.2) is 0 Å². The van der Waals surface area contributed by atoms with Gasteiger partial charge in [-0.15, -0.1) is 11.6 Å². The van der Waals surface area contributed by atoms with E-state index in [1.165, 1.54) is 25.7 Å². The average molecular weight is 219 g/mol. The van der Waals surface area contributed by atoms with Gasteiger partial charge in [0.1, 0.15) is 5.88 Å². The van der Waals surface area contributed by atoms with Gasteiger partial charge in [-0.25, -0.2) is 0 Å². The number of alkyl halides is 1. The van der Waals surface area contributed by atoms with Crippen molar-refractivity contribution in [3.8, 4) is 0 Å². The summed E-state index contributed by atoms with van der Waals surface area (Å²) in [6.07, 6.45) is 4.86. The average Bonchev–Trinajstić information content (AvgIpc) is 2.64. The summed E-state index contributed by atoms with van der Waals surface area (Å²) >= 11 is 5.44. The quantitative estimate of drug-likeness (QED) is 0.720. The van der Waals surface area contributed by atoms with E-state index in [1.807, 2.05) is 0 Å². The number of rotatable bonds is 4. The lowest BCUT2D eigenvalue weighted by Crippen LogP contribution is -2.51. The number of hydrogen-bond donors (Lipinski definition) is 1. The predicted molar refractivity (Wildman–Crippen MR) is 58.6 cm³/mol. The van der Waals surface area contributed by atoms with Crippen LogP contribution in [0.2, 0.25) is 0 Å². The van der Waals surface area contributed by atoms with E-state index in [-0.39, 0.29) is 17.3 Å². The fourth-order valence-corrected chi connectivity index (χ4v) is 2.22. The number of nitrogens with zero attached hydrogens (tertiary/aromatic N) is 1. The molecule has 0 radical (unpaired) electrons. The van der Waals surface area contributed by atoms with Crippen LogP contribution in [0.4, 0.5) is 0 Å². The van der Waals surface area contributed by atoms with E-state index >= 15 is 0 Å². The van der Waals surface area contributed by atoms with Gasteiger partial charge in [0.25, 0.3) is 0 Å². The maximum atomic E-state index is 11.1. The van der Waals surface area contributed by atoms with Crippen molar-refractivity contribution in [1.82, 2.24) is 10.2 Å². The van der Waals surface area contributed by atoms with Crippen molar-refractivity contribution >= 4 is 17.5 Å². The van der Waals surface area contributed by atoms with Gasteiger partial charge in [0, 0.05) is 12.1 Å². The molecule has 1 saturated carbocycles. The first-order valence-corrected chi connectivity index (χ1v) is 5.64. The summed E-state index contributed by atoms with van der Waals surface area (Å²) in [6.45, 7) is 0.728. The Bertz CT molecular complexity index is 200. The van der Waals surface area contributed by atoms with Crippen molar-refractivity contribution in [3.05, 3.63) is 0 Å². The molecule has 0 saturated heterocycles. The van der Waals surface area contributed by atoms with Gasteiger partial charge in [-0.1, -0.05) is 12.8 Å².